The van der Waals surface area contributed by atoms with Crippen LogP contribution in [-0.2, 0) is 6.54 Å². The van der Waals surface area contributed by atoms with Gasteiger partial charge in [-0.2, -0.15) is 5.10 Å². The number of hydrogen-bond donors (Lipinski definition) is 2. The first-order chi connectivity index (χ1) is 12.7. The summed E-state index contributed by atoms with van der Waals surface area (Å²) < 4.78 is 2.94. The van der Waals surface area contributed by atoms with Gasteiger partial charge in [0.05, 0.1) is 11.7 Å². The molecule has 0 spiro atoms. The van der Waals surface area contributed by atoms with Crippen LogP contribution in [0.2, 0.25) is 0 Å². The SMILES string of the molecule is CN=C(NCc1cccc(-n2cccn2)c1)NC(C)c1ccccc1Br. The second kappa shape index (κ2) is 8.67. The van der Waals surface area contributed by atoms with E-state index < -0.39 is 0 Å². The van der Waals surface area contributed by atoms with Gasteiger partial charge in [-0.3, -0.25) is 4.99 Å². The number of hydrogen-bond acceptors (Lipinski definition) is 2. The summed E-state index contributed by atoms with van der Waals surface area (Å²) in [6.07, 6.45) is 3.71. The Morgan fingerprint density at radius 1 is 1.19 bits per heavy atom. The largest absolute Gasteiger partial charge is 0.352 e. The standard InChI is InChI=1S/C20H22BrN5/c1-15(18-9-3-4-10-19(18)21)25-20(22-2)23-14-16-7-5-8-17(13-16)26-12-6-11-24-26/h3-13,15H,14H2,1-2H3,(H2,22,23,25). The van der Waals surface area contributed by atoms with Gasteiger partial charge in [-0.05, 0) is 42.3 Å². The van der Waals surface area contributed by atoms with E-state index in [0.717, 1.165) is 21.7 Å². The second-order valence-electron chi connectivity index (χ2n) is 5.93. The van der Waals surface area contributed by atoms with E-state index in [1.54, 1.807) is 13.2 Å². The minimum absolute atomic E-state index is 0.132. The van der Waals surface area contributed by atoms with Crippen LogP contribution in [-0.4, -0.2) is 22.8 Å². The molecule has 0 radical (unpaired) electrons. The lowest BCUT2D eigenvalue weighted by Crippen LogP contribution is -2.38. The molecule has 2 aromatic carbocycles. The first-order valence-electron chi connectivity index (χ1n) is 8.48. The summed E-state index contributed by atoms with van der Waals surface area (Å²) in [5.41, 5.74) is 3.39. The maximum atomic E-state index is 4.33. The number of guanidine groups is 1. The average Bonchev–Trinajstić information content (AvgIpc) is 3.20. The minimum atomic E-state index is 0.132. The van der Waals surface area contributed by atoms with Crippen LogP contribution in [0.1, 0.15) is 24.1 Å². The number of nitrogens with zero attached hydrogens (tertiary/aromatic N) is 3. The predicted molar refractivity (Wildman–Crippen MR) is 109 cm³/mol. The Morgan fingerprint density at radius 3 is 2.77 bits per heavy atom. The molecule has 0 aliphatic carbocycles. The fraction of sp³-hybridized carbons (Fsp3) is 0.200. The normalized spacial score (nSPS) is 12.7. The Labute approximate surface area is 162 Å². The molecule has 1 aromatic heterocycles. The van der Waals surface area contributed by atoms with Crippen LogP contribution in [0.25, 0.3) is 5.69 Å². The first-order valence-corrected chi connectivity index (χ1v) is 9.27. The van der Waals surface area contributed by atoms with Crippen molar-refractivity contribution in [1.82, 2.24) is 20.4 Å². The van der Waals surface area contributed by atoms with Gasteiger partial charge < -0.3 is 10.6 Å². The van der Waals surface area contributed by atoms with Gasteiger partial charge >= 0.3 is 0 Å². The highest BCUT2D eigenvalue weighted by Crippen LogP contribution is 2.22. The first kappa shape index (κ1) is 18.2. The van der Waals surface area contributed by atoms with Gasteiger partial charge in [0.2, 0.25) is 0 Å². The molecule has 0 saturated carbocycles. The average molecular weight is 412 g/mol. The van der Waals surface area contributed by atoms with E-state index in [0.29, 0.717) is 6.54 Å². The lowest BCUT2D eigenvalue weighted by molar-refractivity contribution is 0.682. The third-order valence-corrected chi connectivity index (χ3v) is 4.81. The Hall–Kier alpha value is -2.60. The molecule has 5 nitrogen and oxygen atoms in total. The molecule has 0 aliphatic heterocycles. The number of rotatable bonds is 5. The predicted octanol–water partition coefficient (Wildman–Crippen LogP) is 4.06. The van der Waals surface area contributed by atoms with Crippen molar-refractivity contribution < 1.29 is 0 Å². The molecule has 0 amide bonds. The van der Waals surface area contributed by atoms with Crippen LogP contribution in [0, 0.1) is 0 Å². The Balaban J connectivity index is 1.63. The van der Waals surface area contributed by atoms with Crippen molar-refractivity contribution in [3.63, 3.8) is 0 Å². The smallest absolute Gasteiger partial charge is 0.191 e. The highest BCUT2D eigenvalue weighted by molar-refractivity contribution is 9.10. The maximum absolute atomic E-state index is 4.33. The molecule has 134 valence electrons. The van der Waals surface area contributed by atoms with Crippen LogP contribution < -0.4 is 10.6 Å². The van der Waals surface area contributed by atoms with E-state index in [9.17, 15) is 0 Å². The highest BCUT2D eigenvalue weighted by atomic mass is 79.9. The summed E-state index contributed by atoms with van der Waals surface area (Å²) in [7, 11) is 1.78. The van der Waals surface area contributed by atoms with Crippen molar-refractivity contribution >= 4 is 21.9 Å². The number of aromatic nitrogens is 2. The van der Waals surface area contributed by atoms with Gasteiger partial charge in [0.25, 0.3) is 0 Å². The monoisotopic (exact) mass is 411 g/mol. The number of benzene rings is 2. The fourth-order valence-corrected chi connectivity index (χ4v) is 3.35. The van der Waals surface area contributed by atoms with Crippen molar-refractivity contribution in [2.45, 2.75) is 19.5 Å². The minimum Gasteiger partial charge on any atom is -0.352 e. The van der Waals surface area contributed by atoms with E-state index in [1.807, 2.05) is 47.3 Å². The van der Waals surface area contributed by atoms with Crippen LogP contribution in [0.5, 0.6) is 0 Å². The topological polar surface area (TPSA) is 54.2 Å². The molecule has 3 rings (SSSR count). The lowest BCUT2D eigenvalue weighted by Gasteiger charge is -2.19. The fourth-order valence-electron chi connectivity index (χ4n) is 2.72. The van der Waals surface area contributed by atoms with Crippen LogP contribution in [0.4, 0.5) is 0 Å². The third-order valence-electron chi connectivity index (χ3n) is 4.09. The molecule has 26 heavy (non-hydrogen) atoms. The number of halogens is 1. The van der Waals surface area contributed by atoms with Crippen molar-refractivity contribution in [2.24, 2.45) is 4.99 Å². The van der Waals surface area contributed by atoms with Gasteiger partial charge in [-0.15, -0.1) is 0 Å². The molecule has 0 bridgehead atoms. The molecule has 1 heterocycles. The molecule has 2 N–H and O–H groups in total. The molecule has 0 saturated heterocycles. The third kappa shape index (κ3) is 4.52. The second-order valence-corrected chi connectivity index (χ2v) is 6.79. The summed E-state index contributed by atoms with van der Waals surface area (Å²) in [6, 6.07) is 18.5. The summed E-state index contributed by atoms with van der Waals surface area (Å²) in [5, 5.41) is 11.1. The lowest BCUT2D eigenvalue weighted by atomic mass is 10.1. The Bertz CT molecular complexity index is 873. The van der Waals surface area contributed by atoms with Gasteiger partial charge in [-0.25, -0.2) is 4.68 Å². The van der Waals surface area contributed by atoms with Crippen LogP contribution in [0.3, 0.4) is 0 Å². The van der Waals surface area contributed by atoms with Crippen molar-refractivity contribution in [1.29, 1.82) is 0 Å². The van der Waals surface area contributed by atoms with Crippen molar-refractivity contribution in [3.8, 4) is 5.69 Å². The molecule has 0 aliphatic rings. The Morgan fingerprint density at radius 2 is 2.04 bits per heavy atom. The molecular weight excluding hydrogens is 390 g/mol. The van der Waals surface area contributed by atoms with Gasteiger partial charge in [0.1, 0.15) is 0 Å². The number of nitrogens with one attached hydrogen (secondary N) is 2. The summed E-state index contributed by atoms with van der Waals surface area (Å²) in [5.74, 6) is 0.762. The van der Waals surface area contributed by atoms with E-state index in [2.05, 4.69) is 61.8 Å². The Kier molecular flexibility index (Phi) is 6.07. The summed E-state index contributed by atoms with van der Waals surface area (Å²) in [6.45, 7) is 2.79. The summed E-state index contributed by atoms with van der Waals surface area (Å²) in [4.78, 5) is 4.33. The molecular formula is C20H22BrN5. The van der Waals surface area contributed by atoms with E-state index in [4.69, 9.17) is 0 Å². The number of aliphatic imine (C=N–C) groups is 1. The van der Waals surface area contributed by atoms with Crippen molar-refractivity contribution in [2.75, 3.05) is 7.05 Å². The molecule has 1 atom stereocenters. The quantitative estimate of drug-likeness (QED) is 0.491. The van der Waals surface area contributed by atoms with Crippen molar-refractivity contribution in [3.05, 3.63) is 82.6 Å². The summed E-state index contributed by atoms with van der Waals surface area (Å²) >= 11 is 3.60. The highest BCUT2D eigenvalue weighted by Gasteiger charge is 2.10. The molecule has 3 aromatic rings. The van der Waals surface area contributed by atoms with E-state index >= 15 is 0 Å². The van der Waals surface area contributed by atoms with Crippen LogP contribution >= 0.6 is 15.9 Å². The van der Waals surface area contributed by atoms with Gasteiger partial charge in [0, 0.05) is 30.5 Å². The molecule has 1 unspecified atom stereocenters. The molecule has 0 fully saturated rings. The zero-order chi connectivity index (χ0) is 18.4. The zero-order valence-electron chi connectivity index (χ0n) is 14.9. The van der Waals surface area contributed by atoms with Crippen LogP contribution in [0.15, 0.2) is 76.5 Å². The van der Waals surface area contributed by atoms with E-state index in [1.165, 1.54) is 5.56 Å². The maximum Gasteiger partial charge on any atom is 0.191 e. The zero-order valence-corrected chi connectivity index (χ0v) is 16.4. The molecule has 6 heteroatoms. The van der Waals surface area contributed by atoms with Gasteiger partial charge in [0.15, 0.2) is 5.96 Å². The van der Waals surface area contributed by atoms with E-state index in [-0.39, 0.29) is 6.04 Å². The van der Waals surface area contributed by atoms with Gasteiger partial charge in [-0.1, -0.05) is 46.3 Å².